The Kier molecular flexibility index (Phi) is 6.90. The predicted molar refractivity (Wildman–Crippen MR) is 105 cm³/mol. The maximum atomic E-state index is 12.7. The summed E-state index contributed by atoms with van der Waals surface area (Å²) in [4.78, 5) is 33.6. The van der Waals surface area contributed by atoms with Gasteiger partial charge in [-0.15, -0.1) is 0 Å². The summed E-state index contributed by atoms with van der Waals surface area (Å²) in [5.74, 6) is -2.99. The molecular weight excluding hydrogens is 458 g/mol. The highest BCUT2D eigenvalue weighted by Gasteiger charge is 2.27. The Bertz CT molecular complexity index is 1110. The van der Waals surface area contributed by atoms with Gasteiger partial charge >= 0.3 is 11.9 Å². The van der Waals surface area contributed by atoms with Gasteiger partial charge in [-0.1, -0.05) is 11.6 Å². The van der Waals surface area contributed by atoms with E-state index in [0.29, 0.717) is 0 Å². The van der Waals surface area contributed by atoms with Crippen molar-refractivity contribution in [3.63, 3.8) is 0 Å². The van der Waals surface area contributed by atoms with Crippen molar-refractivity contribution in [2.24, 2.45) is 0 Å². The third kappa shape index (κ3) is 5.38. The van der Waals surface area contributed by atoms with Crippen molar-refractivity contribution in [2.75, 3.05) is 38.2 Å². The second kappa shape index (κ2) is 9.43. The molecule has 0 bridgehead atoms. The Morgan fingerprint density at radius 2 is 1.94 bits per heavy atom. The lowest BCUT2D eigenvalue weighted by Crippen LogP contribution is -2.40. The third-order valence-electron chi connectivity index (χ3n) is 4.13. The number of sulfonamides is 1. The zero-order chi connectivity index (χ0) is 22.6. The summed E-state index contributed by atoms with van der Waals surface area (Å²) in [6.07, 6.45) is 0. The molecule has 0 aliphatic carbocycles. The zero-order valence-corrected chi connectivity index (χ0v) is 17.3. The predicted octanol–water partition coefficient (Wildman–Crippen LogP) is 1.66. The van der Waals surface area contributed by atoms with Gasteiger partial charge < -0.3 is 19.2 Å². The minimum atomic E-state index is -3.81. The first-order valence-electron chi connectivity index (χ1n) is 8.77. The molecule has 1 N–H and O–H groups in total. The number of hydrogen-bond acceptors (Lipinski definition) is 9. The molecule has 1 aromatic heterocycles. The van der Waals surface area contributed by atoms with Crippen LogP contribution in [0.25, 0.3) is 0 Å². The van der Waals surface area contributed by atoms with Crippen LogP contribution in [0.1, 0.15) is 10.6 Å². The van der Waals surface area contributed by atoms with E-state index >= 15 is 0 Å². The van der Waals surface area contributed by atoms with Crippen molar-refractivity contribution in [1.82, 2.24) is 4.31 Å². The highest BCUT2D eigenvalue weighted by Crippen LogP contribution is 2.27. The number of nitrogens with one attached hydrogen (secondary N) is 1. The van der Waals surface area contributed by atoms with Crippen molar-refractivity contribution < 1.29 is 36.8 Å². The molecule has 12 nitrogen and oxygen atoms in total. The van der Waals surface area contributed by atoms with E-state index in [2.05, 4.69) is 9.73 Å². The molecule has 2 heterocycles. The molecule has 31 heavy (non-hydrogen) atoms. The van der Waals surface area contributed by atoms with Crippen molar-refractivity contribution in [3.8, 4) is 0 Å². The number of morpholine rings is 1. The number of benzene rings is 1. The molecule has 1 amide bonds. The summed E-state index contributed by atoms with van der Waals surface area (Å²) < 4.78 is 41.3. The van der Waals surface area contributed by atoms with E-state index in [0.717, 1.165) is 12.1 Å². The Balaban J connectivity index is 1.64. The van der Waals surface area contributed by atoms with Crippen molar-refractivity contribution in [1.29, 1.82) is 0 Å². The smallest absolute Gasteiger partial charge is 0.433 e. The van der Waals surface area contributed by atoms with E-state index in [4.69, 9.17) is 21.1 Å². The van der Waals surface area contributed by atoms with E-state index in [-0.39, 0.29) is 41.9 Å². The van der Waals surface area contributed by atoms with Crippen LogP contribution in [0.3, 0.4) is 0 Å². The number of esters is 1. The number of anilines is 1. The van der Waals surface area contributed by atoms with Gasteiger partial charge in [-0.3, -0.25) is 14.9 Å². The first kappa shape index (κ1) is 22.7. The molecule has 1 fully saturated rings. The van der Waals surface area contributed by atoms with E-state index < -0.39 is 45.1 Å². The Hall–Kier alpha value is -3.00. The Labute approximate surface area is 180 Å². The Morgan fingerprint density at radius 3 is 2.58 bits per heavy atom. The zero-order valence-electron chi connectivity index (χ0n) is 15.8. The molecule has 1 aliphatic rings. The number of hydrogen-bond donors (Lipinski definition) is 1. The second-order valence-corrected chi connectivity index (χ2v) is 8.52. The third-order valence-corrected chi connectivity index (χ3v) is 6.35. The molecule has 1 saturated heterocycles. The number of furan rings is 1. The summed E-state index contributed by atoms with van der Waals surface area (Å²) in [5.41, 5.74) is 0.00527. The van der Waals surface area contributed by atoms with Gasteiger partial charge in [0.25, 0.3) is 5.91 Å². The van der Waals surface area contributed by atoms with Crippen LogP contribution in [0.4, 0.5) is 11.6 Å². The molecule has 14 heteroatoms. The summed E-state index contributed by atoms with van der Waals surface area (Å²) in [6, 6.07) is 5.83. The number of nitrogens with zero attached hydrogens (tertiary/aromatic N) is 2. The van der Waals surface area contributed by atoms with Crippen LogP contribution >= 0.6 is 11.6 Å². The Morgan fingerprint density at radius 1 is 1.23 bits per heavy atom. The van der Waals surface area contributed by atoms with Gasteiger partial charge in [-0.05, 0) is 24.3 Å². The standard InChI is InChI=1S/C17H16ClN3O9S/c18-12-2-1-11(31(26,27)20-5-7-28-8-6-20)9-13(12)19-15(22)10-29-17(23)14-3-4-16(30-14)21(24)25/h1-4,9H,5-8,10H2,(H,19,22). The molecule has 0 saturated carbocycles. The van der Waals surface area contributed by atoms with Crippen LogP contribution in [0, 0.1) is 10.1 Å². The van der Waals surface area contributed by atoms with Gasteiger partial charge in [0, 0.05) is 13.1 Å². The van der Waals surface area contributed by atoms with Gasteiger partial charge in [0.1, 0.15) is 4.92 Å². The van der Waals surface area contributed by atoms with Crippen LogP contribution < -0.4 is 5.32 Å². The van der Waals surface area contributed by atoms with Gasteiger partial charge in [-0.25, -0.2) is 13.2 Å². The lowest BCUT2D eigenvalue weighted by atomic mass is 10.3. The monoisotopic (exact) mass is 473 g/mol. The van der Waals surface area contributed by atoms with Gasteiger partial charge in [0.2, 0.25) is 15.8 Å². The molecule has 1 aromatic carbocycles. The number of rotatable bonds is 7. The van der Waals surface area contributed by atoms with Gasteiger partial charge in [-0.2, -0.15) is 4.31 Å². The fourth-order valence-corrected chi connectivity index (χ4v) is 4.22. The minimum absolute atomic E-state index is 0.00527. The molecular formula is C17H16ClN3O9S. The summed E-state index contributed by atoms with van der Waals surface area (Å²) in [5, 5.41) is 13.0. The van der Waals surface area contributed by atoms with Gasteiger partial charge in [0.05, 0.1) is 34.9 Å². The quantitative estimate of drug-likeness (QED) is 0.358. The average Bonchev–Trinajstić information content (AvgIpc) is 3.25. The fraction of sp³-hybridized carbons (Fsp3) is 0.294. The maximum absolute atomic E-state index is 12.7. The highest BCUT2D eigenvalue weighted by atomic mass is 35.5. The number of carbonyl (C=O) groups is 2. The average molecular weight is 474 g/mol. The topological polar surface area (TPSA) is 158 Å². The first-order chi connectivity index (χ1) is 14.7. The molecule has 2 aromatic rings. The first-order valence-corrected chi connectivity index (χ1v) is 10.6. The molecule has 0 radical (unpaired) electrons. The van der Waals surface area contributed by atoms with E-state index in [9.17, 15) is 28.1 Å². The van der Waals surface area contributed by atoms with Crippen LogP contribution in [0.5, 0.6) is 0 Å². The van der Waals surface area contributed by atoms with Crippen molar-refractivity contribution >= 4 is 45.1 Å². The molecule has 0 spiro atoms. The van der Waals surface area contributed by atoms with Crippen LogP contribution in [0.2, 0.25) is 5.02 Å². The molecule has 166 valence electrons. The summed E-state index contributed by atoms with van der Waals surface area (Å²) in [6.45, 7) is 0.201. The van der Waals surface area contributed by atoms with Crippen LogP contribution in [-0.2, 0) is 24.3 Å². The number of nitro groups is 1. The minimum Gasteiger partial charge on any atom is -0.450 e. The SMILES string of the molecule is O=C(COC(=O)c1ccc([N+](=O)[O-])o1)Nc1cc(S(=O)(=O)N2CCOCC2)ccc1Cl. The number of halogens is 1. The lowest BCUT2D eigenvalue weighted by Gasteiger charge is -2.26. The molecule has 0 atom stereocenters. The normalized spacial score (nSPS) is 14.7. The molecule has 3 rings (SSSR count). The number of carbonyl (C=O) groups excluding carboxylic acids is 2. The van der Waals surface area contributed by atoms with Crippen LogP contribution in [0.15, 0.2) is 39.6 Å². The van der Waals surface area contributed by atoms with Gasteiger partial charge in [0.15, 0.2) is 6.61 Å². The van der Waals surface area contributed by atoms with E-state index in [1.54, 1.807) is 0 Å². The molecule has 0 unspecified atom stereocenters. The largest absolute Gasteiger partial charge is 0.450 e. The van der Waals surface area contributed by atoms with E-state index in [1.807, 2.05) is 0 Å². The van der Waals surface area contributed by atoms with E-state index in [1.165, 1.54) is 22.5 Å². The number of ether oxygens (including phenoxy) is 2. The highest BCUT2D eigenvalue weighted by molar-refractivity contribution is 7.89. The van der Waals surface area contributed by atoms with Crippen molar-refractivity contribution in [2.45, 2.75) is 4.90 Å². The lowest BCUT2D eigenvalue weighted by molar-refractivity contribution is -0.402. The summed E-state index contributed by atoms with van der Waals surface area (Å²) >= 11 is 6.04. The van der Waals surface area contributed by atoms with Crippen molar-refractivity contribution in [3.05, 3.63) is 51.2 Å². The maximum Gasteiger partial charge on any atom is 0.433 e. The molecule has 1 aliphatic heterocycles. The summed E-state index contributed by atoms with van der Waals surface area (Å²) in [7, 11) is -3.81. The number of amides is 1. The second-order valence-electron chi connectivity index (χ2n) is 6.18. The van der Waals surface area contributed by atoms with Crippen LogP contribution in [-0.4, -0.2) is 62.4 Å². The fourth-order valence-electron chi connectivity index (χ4n) is 2.62.